The Hall–Kier alpha value is -2.00. The van der Waals surface area contributed by atoms with Gasteiger partial charge in [0.2, 0.25) is 0 Å². The molecule has 0 N–H and O–H groups in total. The van der Waals surface area contributed by atoms with E-state index >= 15 is 0 Å². The van der Waals surface area contributed by atoms with E-state index in [0.717, 1.165) is 11.1 Å². The summed E-state index contributed by atoms with van der Waals surface area (Å²) in [5, 5.41) is 0. The lowest BCUT2D eigenvalue weighted by atomic mass is 10.0. The van der Waals surface area contributed by atoms with Crippen molar-refractivity contribution in [3.63, 3.8) is 0 Å². The minimum atomic E-state index is 1.06. The third-order valence-corrected chi connectivity index (χ3v) is 2.96. The van der Waals surface area contributed by atoms with Gasteiger partial charge in [0.15, 0.2) is 0 Å². The molecule has 0 amide bonds. The molecule has 2 rings (SSSR count). The highest BCUT2D eigenvalue weighted by molar-refractivity contribution is 5.49. The zero-order valence-corrected chi connectivity index (χ0v) is 10.5. The lowest BCUT2D eigenvalue weighted by Crippen LogP contribution is -1.88. The second kappa shape index (κ2) is 4.89. The van der Waals surface area contributed by atoms with Crippen LogP contribution in [0.5, 0.6) is 0 Å². The molecule has 0 fully saturated rings. The molecule has 2 aromatic rings. The van der Waals surface area contributed by atoms with E-state index in [1.807, 2.05) is 30.3 Å². The molecule has 0 radical (unpaired) electrons. The number of benzene rings is 2. The summed E-state index contributed by atoms with van der Waals surface area (Å²) in [5.74, 6) is 6.45. The molecule has 0 heteroatoms. The van der Waals surface area contributed by atoms with Crippen molar-refractivity contribution in [3.8, 4) is 11.8 Å². The Balaban J connectivity index is 2.38. The maximum Gasteiger partial charge on any atom is 0.0281 e. The number of aryl methyl sites for hydroxylation is 3. The number of hydrogen-bond donors (Lipinski definition) is 0. The molecule has 0 unspecified atom stereocenters. The van der Waals surface area contributed by atoms with Crippen molar-refractivity contribution in [2.45, 2.75) is 20.8 Å². The second-order valence-corrected chi connectivity index (χ2v) is 4.37. The molecular formula is C17H16. The monoisotopic (exact) mass is 220 g/mol. The van der Waals surface area contributed by atoms with Crippen LogP contribution in [0, 0.1) is 32.6 Å². The van der Waals surface area contributed by atoms with Crippen molar-refractivity contribution in [2.75, 3.05) is 0 Å². The molecule has 0 spiro atoms. The highest BCUT2D eigenvalue weighted by Crippen LogP contribution is 2.14. The van der Waals surface area contributed by atoms with Gasteiger partial charge in [0.05, 0.1) is 0 Å². The summed E-state index contributed by atoms with van der Waals surface area (Å²) in [7, 11) is 0. The standard InChI is InChI=1S/C17H16/c1-13-11-15(3)17(12-14(13)2)10-9-16-7-5-4-6-8-16/h4-8,11-12H,1-3H3. The molecule has 2 aromatic carbocycles. The molecular weight excluding hydrogens is 204 g/mol. The number of hydrogen-bond acceptors (Lipinski definition) is 0. The molecule has 0 heterocycles. The van der Waals surface area contributed by atoms with Gasteiger partial charge in [-0.1, -0.05) is 36.1 Å². The van der Waals surface area contributed by atoms with Crippen LogP contribution in [0.25, 0.3) is 0 Å². The first kappa shape index (κ1) is 11.5. The zero-order valence-electron chi connectivity index (χ0n) is 10.5. The van der Waals surface area contributed by atoms with Crippen LogP contribution < -0.4 is 0 Å². The Kier molecular flexibility index (Phi) is 3.30. The second-order valence-electron chi connectivity index (χ2n) is 4.37. The molecule has 0 aromatic heterocycles. The largest absolute Gasteiger partial charge is 0.0622 e. The van der Waals surface area contributed by atoms with Gasteiger partial charge in [-0.25, -0.2) is 0 Å². The topological polar surface area (TPSA) is 0 Å². The molecule has 84 valence electrons. The maximum atomic E-state index is 3.25. The van der Waals surface area contributed by atoms with Gasteiger partial charge in [-0.3, -0.25) is 0 Å². The third kappa shape index (κ3) is 2.77. The van der Waals surface area contributed by atoms with Crippen LogP contribution >= 0.6 is 0 Å². The summed E-state index contributed by atoms with van der Waals surface area (Å²) in [6.07, 6.45) is 0. The number of rotatable bonds is 0. The van der Waals surface area contributed by atoms with E-state index in [0.29, 0.717) is 0 Å². The Bertz CT molecular complexity index is 581. The molecule has 0 aliphatic heterocycles. The van der Waals surface area contributed by atoms with Crippen molar-refractivity contribution in [1.82, 2.24) is 0 Å². The van der Waals surface area contributed by atoms with Gasteiger partial charge in [-0.05, 0) is 55.7 Å². The fourth-order valence-corrected chi connectivity index (χ4v) is 1.76. The molecule has 0 saturated carbocycles. The summed E-state index contributed by atoms with van der Waals surface area (Å²) in [5.41, 5.74) is 6.05. The molecule has 0 atom stereocenters. The predicted octanol–water partition coefficient (Wildman–Crippen LogP) is 4.01. The summed E-state index contributed by atoms with van der Waals surface area (Å²) >= 11 is 0. The maximum absolute atomic E-state index is 3.25. The van der Waals surface area contributed by atoms with Crippen LogP contribution in [0.15, 0.2) is 42.5 Å². The first-order valence-corrected chi connectivity index (χ1v) is 5.82. The third-order valence-electron chi connectivity index (χ3n) is 2.96. The van der Waals surface area contributed by atoms with Gasteiger partial charge in [-0.2, -0.15) is 0 Å². The normalized spacial score (nSPS) is 9.59. The average Bonchev–Trinajstić information content (AvgIpc) is 2.33. The van der Waals surface area contributed by atoms with Crippen LogP contribution in [0.1, 0.15) is 27.8 Å². The van der Waals surface area contributed by atoms with E-state index in [-0.39, 0.29) is 0 Å². The van der Waals surface area contributed by atoms with E-state index in [1.165, 1.54) is 16.7 Å². The van der Waals surface area contributed by atoms with Crippen molar-refractivity contribution in [3.05, 3.63) is 70.3 Å². The molecule has 0 aliphatic rings. The Morgan fingerprint density at radius 1 is 0.706 bits per heavy atom. The Morgan fingerprint density at radius 3 is 2.06 bits per heavy atom. The van der Waals surface area contributed by atoms with Crippen LogP contribution in [0.4, 0.5) is 0 Å². The summed E-state index contributed by atoms with van der Waals surface area (Å²) in [4.78, 5) is 0. The smallest absolute Gasteiger partial charge is 0.0281 e. The van der Waals surface area contributed by atoms with E-state index in [9.17, 15) is 0 Å². The van der Waals surface area contributed by atoms with E-state index < -0.39 is 0 Å². The van der Waals surface area contributed by atoms with E-state index in [1.54, 1.807) is 0 Å². The zero-order chi connectivity index (χ0) is 12.3. The summed E-state index contributed by atoms with van der Waals surface area (Å²) < 4.78 is 0. The van der Waals surface area contributed by atoms with Gasteiger partial charge in [0, 0.05) is 11.1 Å². The first-order valence-electron chi connectivity index (χ1n) is 5.82. The highest BCUT2D eigenvalue weighted by Gasteiger charge is 1.98. The van der Waals surface area contributed by atoms with E-state index in [2.05, 4.69) is 44.7 Å². The van der Waals surface area contributed by atoms with Gasteiger partial charge < -0.3 is 0 Å². The molecule has 0 nitrogen and oxygen atoms in total. The van der Waals surface area contributed by atoms with Crippen molar-refractivity contribution < 1.29 is 0 Å². The molecule has 17 heavy (non-hydrogen) atoms. The van der Waals surface area contributed by atoms with Crippen molar-refractivity contribution in [1.29, 1.82) is 0 Å². The lowest BCUT2D eigenvalue weighted by Gasteiger charge is -2.04. The van der Waals surface area contributed by atoms with Gasteiger partial charge in [0.1, 0.15) is 0 Å². The molecule has 0 bridgehead atoms. The van der Waals surface area contributed by atoms with E-state index in [4.69, 9.17) is 0 Å². The van der Waals surface area contributed by atoms with Crippen LogP contribution in [0.2, 0.25) is 0 Å². The Labute approximate surface area is 103 Å². The fourth-order valence-electron chi connectivity index (χ4n) is 1.76. The quantitative estimate of drug-likeness (QED) is 0.588. The van der Waals surface area contributed by atoms with Gasteiger partial charge in [0.25, 0.3) is 0 Å². The molecule has 0 aliphatic carbocycles. The lowest BCUT2D eigenvalue weighted by molar-refractivity contribution is 1.28. The van der Waals surface area contributed by atoms with Crippen LogP contribution in [0.3, 0.4) is 0 Å². The summed E-state index contributed by atoms with van der Waals surface area (Å²) in [6, 6.07) is 14.5. The molecule has 0 saturated heterocycles. The van der Waals surface area contributed by atoms with Gasteiger partial charge >= 0.3 is 0 Å². The van der Waals surface area contributed by atoms with Crippen molar-refractivity contribution in [2.24, 2.45) is 0 Å². The van der Waals surface area contributed by atoms with Crippen molar-refractivity contribution >= 4 is 0 Å². The highest BCUT2D eigenvalue weighted by atomic mass is 14.0. The fraction of sp³-hybridized carbons (Fsp3) is 0.176. The van der Waals surface area contributed by atoms with Crippen LogP contribution in [-0.2, 0) is 0 Å². The van der Waals surface area contributed by atoms with Gasteiger partial charge in [-0.15, -0.1) is 0 Å². The SMILES string of the molecule is Cc1cc(C)c(C#Cc2ccccc2)cc1C. The summed E-state index contributed by atoms with van der Waals surface area (Å²) in [6.45, 7) is 6.38. The predicted molar refractivity (Wildman–Crippen MR) is 73.1 cm³/mol. The minimum Gasteiger partial charge on any atom is -0.0622 e. The van der Waals surface area contributed by atoms with Crippen LogP contribution in [-0.4, -0.2) is 0 Å². The minimum absolute atomic E-state index is 1.06. The average molecular weight is 220 g/mol. The first-order chi connectivity index (χ1) is 8.16. The Morgan fingerprint density at radius 2 is 1.35 bits per heavy atom.